The molecule has 3 fully saturated rings. The van der Waals surface area contributed by atoms with Crippen molar-refractivity contribution >= 4 is 21.8 Å². The molecule has 0 amide bonds. The summed E-state index contributed by atoms with van der Waals surface area (Å²) in [4.78, 5) is 24.9. The van der Waals surface area contributed by atoms with Crippen molar-refractivity contribution < 1.29 is 22.7 Å². The molecule has 0 N–H and O–H groups in total. The van der Waals surface area contributed by atoms with Gasteiger partial charge in [0.25, 0.3) is 0 Å². The van der Waals surface area contributed by atoms with Gasteiger partial charge in [-0.15, -0.1) is 0 Å². The van der Waals surface area contributed by atoms with Crippen LogP contribution in [-0.2, 0) is 24.3 Å². The van der Waals surface area contributed by atoms with Crippen LogP contribution >= 0.6 is 0 Å². The van der Waals surface area contributed by atoms with Crippen LogP contribution in [0.2, 0.25) is 0 Å². The summed E-state index contributed by atoms with van der Waals surface area (Å²) in [7, 11) is -3.72. The minimum atomic E-state index is -3.72. The zero-order valence-electron chi connectivity index (χ0n) is 15.4. The number of ether oxygens (including phenoxy) is 1. The molecule has 3 atom stereocenters. The van der Waals surface area contributed by atoms with Crippen molar-refractivity contribution in [1.29, 1.82) is 0 Å². The average molecular weight is 371 g/mol. The van der Waals surface area contributed by atoms with Gasteiger partial charge >= 0.3 is 5.97 Å². The number of nitrogens with zero attached hydrogens (tertiary/aromatic N) is 1. The maximum Gasteiger partial charge on any atom is 0.324 e. The second kappa shape index (κ2) is 6.34. The summed E-state index contributed by atoms with van der Waals surface area (Å²) >= 11 is 0. The molecule has 2 aliphatic carbocycles. The molecule has 3 aliphatic rings. The molecule has 1 heterocycles. The van der Waals surface area contributed by atoms with Crippen molar-refractivity contribution in [2.45, 2.75) is 65.3 Å². The van der Waals surface area contributed by atoms with E-state index >= 15 is 0 Å². The molecule has 7 heteroatoms. The molecule has 142 valence electrons. The Kier molecular flexibility index (Phi) is 4.77. The van der Waals surface area contributed by atoms with E-state index in [1.807, 2.05) is 13.8 Å². The van der Waals surface area contributed by atoms with Crippen LogP contribution in [0, 0.1) is 16.7 Å². The van der Waals surface area contributed by atoms with Crippen molar-refractivity contribution in [1.82, 2.24) is 4.31 Å². The summed E-state index contributed by atoms with van der Waals surface area (Å²) < 4.78 is 32.9. The summed E-state index contributed by atoms with van der Waals surface area (Å²) in [6.45, 7) is 6.35. The van der Waals surface area contributed by atoms with E-state index in [1.54, 1.807) is 6.92 Å². The molecule has 2 bridgehead atoms. The number of esters is 1. The molecule has 1 aliphatic heterocycles. The predicted molar refractivity (Wildman–Crippen MR) is 93.3 cm³/mol. The maximum absolute atomic E-state index is 13.2. The van der Waals surface area contributed by atoms with Gasteiger partial charge in [-0.05, 0) is 50.4 Å². The third-order valence-corrected chi connectivity index (χ3v) is 8.95. The second-order valence-electron chi connectivity index (χ2n) is 8.30. The van der Waals surface area contributed by atoms with E-state index in [0.29, 0.717) is 25.8 Å². The normalized spacial score (nSPS) is 35.1. The summed E-state index contributed by atoms with van der Waals surface area (Å²) in [5.41, 5.74) is -1.10. The van der Waals surface area contributed by atoms with E-state index in [1.165, 1.54) is 4.31 Å². The number of hydrogen-bond donors (Lipinski definition) is 0. The molecule has 0 radical (unpaired) electrons. The van der Waals surface area contributed by atoms with E-state index in [-0.39, 0.29) is 29.5 Å². The molecule has 3 rings (SSSR count). The Morgan fingerprint density at radius 2 is 2.00 bits per heavy atom. The van der Waals surface area contributed by atoms with E-state index in [9.17, 15) is 18.0 Å². The van der Waals surface area contributed by atoms with Crippen LogP contribution in [0.4, 0.5) is 0 Å². The lowest BCUT2D eigenvalue weighted by Crippen LogP contribution is -2.53. The first-order chi connectivity index (χ1) is 11.7. The lowest BCUT2D eigenvalue weighted by Gasteiger charge is -2.40. The first-order valence-electron chi connectivity index (χ1n) is 9.35. The van der Waals surface area contributed by atoms with Crippen LogP contribution < -0.4 is 0 Å². The Bertz CT molecular complexity index is 671. The number of rotatable bonds is 5. The molecule has 0 aromatic heterocycles. The Morgan fingerprint density at radius 3 is 2.56 bits per heavy atom. The number of hydrogen-bond acceptors (Lipinski definition) is 5. The van der Waals surface area contributed by atoms with Crippen LogP contribution in [0.15, 0.2) is 0 Å². The first-order valence-corrected chi connectivity index (χ1v) is 11.0. The van der Waals surface area contributed by atoms with Gasteiger partial charge in [0.1, 0.15) is 11.8 Å². The average Bonchev–Trinajstić information content (AvgIpc) is 2.89. The number of sulfonamides is 1. The minimum Gasteiger partial charge on any atom is -0.465 e. The van der Waals surface area contributed by atoms with Crippen LogP contribution in [0.5, 0.6) is 0 Å². The number of piperidine rings is 1. The van der Waals surface area contributed by atoms with Gasteiger partial charge in [0.15, 0.2) is 0 Å². The van der Waals surface area contributed by atoms with Gasteiger partial charge in [-0.25, -0.2) is 8.42 Å². The van der Waals surface area contributed by atoms with Gasteiger partial charge in [-0.1, -0.05) is 13.8 Å². The SMILES string of the molecule is CCOC(=O)[C@@H]1CCCCN1S(=O)(=O)C[C@@]12CC[C@@H](CC1=O)C2(C)C. The first kappa shape index (κ1) is 18.8. The van der Waals surface area contributed by atoms with Crippen molar-refractivity contribution in [3.05, 3.63) is 0 Å². The molecule has 0 spiro atoms. The molecular formula is C18H29NO5S. The lowest BCUT2D eigenvalue weighted by atomic mass is 9.70. The molecule has 0 aromatic carbocycles. The van der Waals surface area contributed by atoms with Gasteiger partial charge in [0.05, 0.1) is 12.4 Å². The largest absolute Gasteiger partial charge is 0.465 e. The number of fused-ring (bicyclic) bond motifs is 2. The summed E-state index contributed by atoms with van der Waals surface area (Å²) in [6.07, 6.45) is 4.08. The van der Waals surface area contributed by atoms with Crippen LogP contribution in [0.3, 0.4) is 0 Å². The van der Waals surface area contributed by atoms with E-state index < -0.39 is 27.4 Å². The van der Waals surface area contributed by atoms with E-state index in [2.05, 4.69) is 0 Å². The topological polar surface area (TPSA) is 80.8 Å². The second-order valence-corrected chi connectivity index (χ2v) is 10.2. The summed E-state index contributed by atoms with van der Waals surface area (Å²) in [5, 5.41) is 0. The Hall–Kier alpha value is -0.950. The lowest BCUT2D eigenvalue weighted by molar-refractivity contribution is -0.148. The predicted octanol–water partition coefficient (Wildman–Crippen LogP) is 2.13. The van der Waals surface area contributed by atoms with Gasteiger partial charge in [0, 0.05) is 18.4 Å². The molecule has 0 aromatic rings. The monoisotopic (exact) mass is 371 g/mol. The number of Topliss-reactive ketones (excluding diaryl/α,β-unsaturated/α-hetero) is 1. The highest BCUT2D eigenvalue weighted by Gasteiger charge is 2.65. The number of ketones is 1. The van der Waals surface area contributed by atoms with Gasteiger partial charge in [0.2, 0.25) is 10.0 Å². The summed E-state index contributed by atoms with van der Waals surface area (Å²) in [6, 6.07) is -0.744. The van der Waals surface area contributed by atoms with Crippen molar-refractivity contribution in [3.63, 3.8) is 0 Å². The van der Waals surface area contributed by atoms with Crippen molar-refractivity contribution in [2.75, 3.05) is 18.9 Å². The van der Waals surface area contributed by atoms with Gasteiger partial charge in [-0.3, -0.25) is 9.59 Å². The van der Waals surface area contributed by atoms with Crippen molar-refractivity contribution in [2.24, 2.45) is 16.7 Å². The van der Waals surface area contributed by atoms with Crippen LogP contribution in [-0.4, -0.2) is 49.4 Å². The standard InChI is InChI=1S/C18H29NO5S/c1-4-24-16(21)14-7-5-6-10-19(14)25(22,23)12-18-9-8-13(11-15(18)20)17(18,2)3/h13-14H,4-12H2,1-3H3/t13-,14-,18-/m0/s1. The highest BCUT2D eigenvalue weighted by molar-refractivity contribution is 7.89. The number of carbonyl (C=O) groups excluding carboxylic acids is 2. The molecule has 25 heavy (non-hydrogen) atoms. The fourth-order valence-corrected chi connectivity index (χ4v) is 7.67. The smallest absolute Gasteiger partial charge is 0.324 e. The fourth-order valence-electron chi connectivity index (χ4n) is 5.21. The fraction of sp³-hybridized carbons (Fsp3) is 0.889. The molecule has 1 saturated heterocycles. The van der Waals surface area contributed by atoms with E-state index in [0.717, 1.165) is 19.3 Å². The maximum atomic E-state index is 13.2. The summed E-state index contributed by atoms with van der Waals surface area (Å²) in [5.74, 6) is -0.276. The number of carbonyl (C=O) groups is 2. The van der Waals surface area contributed by atoms with Crippen LogP contribution in [0.1, 0.15) is 59.3 Å². The zero-order valence-corrected chi connectivity index (χ0v) is 16.2. The Morgan fingerprint density at radius 1 is 1.28 bits per heavy atom. The van der Waals surface area contributed by atoms with Crippen molar-refractivity contribution in [3.8, 4) is 0 Å². The van der Waals surface area contributed by atoms with Crippen LogP contribution in [0.25, 0.3) is 0 Å². The third kappa shape index (κ3) is 2.83. The van der Waals surface area contributed by atoms with Gasteiger partial charge < -0.3 is 4.74 Å². The third-order valence-electron chi connectivity index (χ3n) is 6.94. The van der Waals surface area contributed by atoms with Gasteiger partial charge in [-0.2, -0.15) is 4.31 Å². The molecular weight excluding hydrogens is 342 g/mol. The molecule has 0 unspecified atom stereocenters. The molecule has 6 nitrogen and oxygen atoms in total. The quantitative estimate of drug-likeness (QED) is 0.692. The Labute approximate surface area is 150 Å². The minimum absolute atomic E-state index is 0.0852. The van der Waals surface area contributed by atoms with E-state index in [4.69, 9.17) is 4.74 Å². The highest BCUT2D eigenvalue weighted by atomic mass is 32.2. The zero-order chi connectivity index (χ0) is 18.5. The Balaban J connectivity index is 1.88. The highest BCUT2D eigenvalue weighted by Crippen LogP contribution is 2.64. The molecule has 2 saturated carbocycles.